The van der Waals surface area contributed by atoms with Crippen LogP contribution in [0.4, 0.5) is 0 Å². The van der Waals surface area contributed by atoms with E-state index in [9.17, 15) is 9.90 Å². The Hall–Kier alpha value is -3.19. The molecule has 1 fully saturated rings. The van der Waals surface area contributed by atoms with E-state index in [1.165, 1.54) is 0 Å². The number of carbonyl (C=O) groups excluding carboxylic acids is 1. The van der Waals surface area contributed by atoms with E-state index >= 15 is 0 Å². The third-order valence-electron chi connectivity index (χ3n) is 6.05. The SMILES string of the molecule is COc1cc2cc(CN3C(=O)CC[C@@H]3CO)c3cc(OC)c(OC)cc3c2cc1OC. The molecule has 31 heavy (non-hydrogen) atoms. The summed E-state index contributed by atoms with van der Waals surface area (Å²) in [5.74, 6) is 2.55. The second kappa shape index (κ2) is 8.51. The number of fused-ring (bicyclic) bond motifs is 3. The van der Waals surface area contributed by atoms with Gasteiger partial charge >= 0.3 is 0 Å². The third kappa shape index (κ3) is 3.59. The van der Waals surface area contributed by atoms with E-state index < -0.39 is 0 Å². The first kappa shape index (κ1) is 21.1. The predicted molar refractivity (Wildman–Crippen MR) is 118 cm³/mol. The minimum Gasteiger partial charge on any atom is -0.493 e. The molecule has 4 rings (SSSR count). The van der Waals surface area contributed by atoms with Crippen LogP contribution in [0, 0.1) is 0 Å². The third-order valence-corrected chi connectivity index (χ3v) is 6.05. The topological polar surface area (TPSA) is 77.5 Å². The molecule has 3 aromatic rings. The maximum absolute atomic E-state index is 12.5. The van der Waals surface area contributed by atoms with E-state index in [4.69, 9.17) is 18.9 Å². The van der Waals surface area contributed by atoms with E-state index in [0.717, 1.165) is 27.1 Å². The van der Waals surface area contributed by atoms with Crippen molar-refractivity contribution in [3.8, 4) is 23.0 Å². The number of aliphatic hydroxyl groups is 1. The maximum atomic E-state index is 12.5. The van der Waals surface area contributed by atoms with Gasteiger partial charge in [0.1, 0.15) is 0 Å². The number of benzene rings is 3. The standard InChI is InChI=1S/C24H27NO6/c1-28-20-8-14-7-15(12-25-16(13-26)5-6-24(25)27)18-10-22(30-3)23(31-4)11-19(18)17(14)9-21(20)29-2/h7-11,16,26H,5-6,12-13H2,1-4H3/t16-/m1/s1. The molecule has 1 heterocycles. The quantitative estimate of drug-likeness (QED) is 0.584. The summed E-state index contributed by atoms with van der Waals surface area (Å²) in [6.07, 6.45) is 1.13. The number of methoxy groups -OCH3 is 4. The molecule has 164 valence electrons. The van der Waals surface area contributed by atoms with Crippen LogP contribution in [-0.4, -0.2) is 57.0 Å². The number of ether oxygens (including phenoxy) is 4. The molecule has 1 atom stereocenters. The molecule has 1 aliphatic rings. The van der Waals surface area contributed by atoms with Crippen LogP contribution in [0.5, 0.6) is 23.0 Å². The number of likely N-dealkylation sites (tertiary alicyclic amines) is 1. The molecule has 0 unspecified atom stereocenters. The van der Waals surface area contributed by atoms with Crippen molar-refractivity contribution in [1.29, 1.82) is 0 Å². The molecule has 1 aliphatic heterocycles. The van der Waals surface area contributed by atoms with Crippen LogP contribution in [0.2, 0.25) is 0 Å². The van der Waals surface area contributed by atoms with Gasteiger partial charge in [-0.2, -0.15) is 0 Å². The van der Waals surface area contributed by atoms with Crippen molar-refractivity contribution < 1.29 is 28.8 Å². The molecule has 1 amide bonds. The van der Waals surface area contributed by atoms with Crippen molar-refractivity contribution in [3.63, 3.8) is 0 Å². The smallest absolute Gasteiger partial charge is 0.223 e. The summed E-state index contributed by atoms with van der Waals surface area (Å²) in [5.41, 5.74) is 0.962. The fraction of sp³-hybridized carbons (Fsp3) is 0.375. The number of hydrogen-bond donors (Lipinski definition) is 1. The monoisotopic (exact) mass is 425 g/mol. The van der Waals surface area contributed by atoms with Gasteiger partial charge in [-0.15, -0.1) is 0 Å². The van der Waals surface area contributed by atoms with Crippen LogP contribution >= 0.6 is 0 Å². The Kier molecular flexibility index (Phi) is 5.78. The van der Waals surface area contributed by atoms with Crippen LogP contribution in [0.15, 0.2) is 30.3 Å². The Morgan fingerprint density at radius 2 is 1.39 bits per heavy atom. The van der Waals surface area contributed by atoms with Gasteiger partial charge in [-0.25, -0.2) is 0 Å². The Labute approximate surface area is 181 Å². The fourth-order valence-corrected chi connectivity index (χ4v) is 4.39. The molecule has 0 aliphatic carbocycles. The highest BCUT2D eigenvalue weighted by Crippen LogP contribution is 2.41. The molecular formula is C24H27NO6. The van der Waals surface area contributed by atoms with E-state index in [-0.39, 0.29) is 18.6 Å². The molecular weight excluding hydrogens is 398 g/mol. The number of aliphatic hydroxyl groups excluding tert-OH is 1. The average molecular weight is 425 g/mol. The first-order chi connectivity index (χ1) is 15.0. The molecule has 0 spiro atoms. The van der Waals surface area contributed by atoms with Gasteiger partial charge in [0, 0.05) is 13.0 Å². The average Bonchev–Trinajstić information content (AvgIpc) is 3.16. The summed E-state index contributed by atoms with van der Waals surface area (Å²) in [4.78, 5) is 14.3. The summed E-state index contributed by atoms with van der Waals surface area (Å²) in [6, 6.07) is 9.66. The van der Waals surface area contributed by atoms with Gasteiger partial charge in [0.25, 0.3) is 0 Å². The van der Waals surface area contributed by atoms with Gasteiger partial charge in [0.2, 0.25) is 5.91 Å². The lowest BCUT2D eigenvalue weighted by atomic mass is 9.95. The highest BCUT2D eigenvalue weighted by molar-refractivity contribution is 6.11. The lowest BCUT2D eigenvalue weighted by Crippen LogP contribution is -2.34. The number of amides is 1. The summed E-state index contributed by atoms with van der Waals surface area (Å²) in [5, 5.41) is 13.6. The molecule has 7 nitrogen and oxygen atoms in total. The van der Waals surface area contributed by atoms with Crippen molar-refractivity contribution in [2.24, 2.45) is 0 Å². The zero-order valence-electron chi connectivity index (χ0n) is 18.2. The normalized spacial score (nSPS) is 16.2. The zero-order valence-corrected chi connectivity index (χ0v) is 18.2. The van der Waals surface area contributed by atoms with Crippen LogP contribution in [0.1, 0.15) is 18.4 Å². The van der Waals surface area contributed by atoms with Crippen LogP contribution < -0.4 is 18.9 Å². The molecule has 0 saturated carbocycles. The van der Waals surface area contributed by atoms with Crippen LogP contribution in [0.25, 0.3) is 21.5 Å². The second-order valence-corrected chi connectivity index (χ2v) is 7.61. The molecule has 0 bridgehead atoms. The van der Waals surface area contributed by atoms with Gasteiger partial charge in [0.05, 0.1) is 41.1 Å². The lowest BCUT2D eigenvalue weighted by molar-refractivity contribution is -0.130. The molecule has 1 saturated heterocycles. The molecule has 7 heteroatoms. The van der Waals surface area contributed by atoms with Gasteiger partial charge in [-0.3, -0.25) is 4.79 Å². The van der Waals surface area contributed by atoms with Crippen molar-refractivity contribution in [2.45, 2.75) is 25.4 Å². The van der Waals surface area contributed by atoms with E-state index in [0.29, 0.717) is 42.4 Å². The summed E-state index contributed by atoms with van der Waals surface area (Å²) in [7, 11) is 6.42. The first-order valence-electron chi connectivity index (χ1n) is 10.2. The summed E-state index contributed by atoms with van der Waals surface area (Å²) >= 11 is 0. The van der Waals surface area contributed by atoms with Gasteiger partial charge in [-0.05, 0) is 63.9 Å². The molecule has 1 N–H and O–H groups in total. The van der Waals surface area contributed by atoms with Crippen molar-refractivity contribution >= 4 is 27.5 Å². The van der Waals surface area contributed by atoms with Crippen LogP contribution in [-0.2, 0) is 11.3 Å². The summed E-state index contributed by atoms with van der Waals surface area (Å²) in [6.45, 7) is 0.361. The first-order valence-corrected chi connectivity index (χ1v) is 10.2. The summed E-state index contributed by atoms with van der Waals surface area (Å²) < 4.78 is 22.1. The molecule has 0 radical (unpaired) electrons. The van der Waals surface area contributed by atoms with Crippen molar-refractivity contribution in [3.05, 3.63) is 35.9 Å². The number of hydrogen-bond acceptors (Lipinski definition) is 6. The number of rotatable bonds is 7. The zero-order chi connectivity index (χ0) is 22.1. The number of nitrogens with zero attached hydrogens (tertiary/aromatic N) is 1. The van der Waals surface area contributed by atoms with Gasteiger partial charge < -0.3 is 29.0 Å². The van der Waals surface area contributed by atoms with Crippen molar-refractivity contribution in [1.82, 2.24) is 4.90 Å². The fourth-order valence-electron chi connectivity index (χ4n) is 4.39. The maximum Gasteiger partial charge on any atom is 0.223 e. The van der Waals surface area contributed by atoms with Crippen LogP contribution in [0.3, 0.4) is 0 Å². The van der Waals surface area contributed by atoms with Gasteiger partial charge in [-0.1, -0.05) is 0 Å². The minimum absolute atomic E-state index is 0.0422. The highest BCUT2D eigenvalue weighted by Gasteiger charge is 2.31. The Bertz CT molecular complexity index is 1140. The Morgan fingerprint density at radius 1 is 0.839 bits per heavy atom. The Balaban J connectivity index is 1.99. The molecule has 3 aromatic carbocycles. The predicted octanol–water partition coefficient (Wildman–Crippen LogP) is 3.51. The molecule has 0 aromatic heterocycles. The minimum atomic E-state index is -0.163. The largest absolute Gasteiger partial charge is 0.493 e. The highest BCUT2D eigenvalue weighted by atomic mass is 16.5. The van der Waals surface area contributed by atoms with E-state index in [2.05, 4.69) is 6.07 Å². The van der Waals surface area contributed by atoms with E-state index in [1.54, 1.807) is 33.3 Å². The van der Waals surface area contributed by atoms with E-state index in [1.807, 2.05) is 24.3 Å². The van der Waals surface area contributed by atoms with Crippen molar-refractivity contribution in [2.75, 3.05) is 35.0 Å². The Morgan fingerprint density at radius 3 is 1.97 bits per heavy atom. The lowest BCUT2D eigenvalue weighted by Gasteiger charge is -2.25. The van der Waals surface area contributed by atoms with Gasteiger partial charge in [0.15, 0.2) is 23.0 Å². The second-order valence-electron chi connectivity index (χ2n) is 7.61. The number of carbonyl (C=O) groups is 1.